The highest BCUT2D eigenvalue weighted by Crippen LogP contribution is 2.39. The molecule has 2 aromatic carbocycles. The van der Waals surface area contributed by atoms with Gasteiger partial charge < -0.3 is 5.32 Å². The van der Waals surface area contributed by atoms with Gasteiger partial charge in [0.15, 0.2) is 0 Å². The minimum Gasteiger partial charge on any atom is -0.334 e. The van der Waals surface area contributed by atoms with E-state index in [1.165, 1.54) is 10.5 Å². The molecule has 0 fully saturated rings. The Morgan fingerprint density at radius 3 is 2.70 bits per heavy atom. The van der Waals surface area contributed by atoms with Crippen molar-refractivity contribution >= 4 is 23.5 Å². The second-order valence-electron chi connectivity index (χ2n) is 5.87. The van der Waals surface area contributed by atoms with Crippen LogP contribution >= 0.6 is 11.8 Å². The van der Waals surface area contributed by atoms with Gasteiger partial charge in [0.2, 0.25) is 0 Å². The van der Waals surface area contributed by atoms with Crippen molar-refractivity contribution in [1.29, 1.82) is 0 Å². The van der Waals surface area contributed by atoms with Gasteiger partial charge in [-0.15, -0.1) is 11.8 Å². The van der Waals surface area contributed by atoms with Crippen LogP contribution in [0.3, 0.4) is 0 Å². The summed E-state index contributed by atoms with van der Waals surface area (Å²) in [6.45, 7) is 5.56. The van der Waals surface area contributed by atoms with Crippen molar-refractivity contribution in [2.75, 3.05) is 11.4 Å². The zero-order chi connectivity index (χ0) is 16.2. The molecule has 2 amide bonds. The van der Waals surface area contributed by atoms with E-state index < -0.39 is 0 Å². The fourth-order valence-electron chi connectivity index (χ4n) is 2.68. The number of aryl methyl sites for hydroxylation is 1. The molecule has 3 rings (SSSR count). The second kappa shape index (κ2) is 7.09. The first-order chi connectivity index (χ1) is 11.2. The number of amides is 2. The molecule has 3 nitrogen and oxygen atoms in total. The fourth-order valence-corrected chi connectivity index (χ4v) is 3.89. The molecule has 1 aliphatic rings. The molecular formula is C19H22N2OS. The largest absolute Gasteiger partial charge is 0.334 e. The van der Waals surface area contributed by atoms with Crippen molar-refractivity contribution in [3.8, 4) is 0 Å². The molecule has 0 spiro atoms. The van der Waals surface area contributed by atoms with E-state index in [1.807, 2.05) is 34.9 Å². The highest BCUT2D eigenvalue weighted by Gasteiger charge is 2.27. The Morgan fingerprint density at radius 1 is 1.22 bits per heavy atom. The maximum absolute atomic E-state index is 12.7. The summed E-state index contributed by atoms with van der Waals surface area (Å²) < 4.78 is 0. The fraction of sp³-hybridized carbons (Fsp3) is 0.316. The number of rotatable bonds is 3. The summed E-state index contributed by atoms with van der Waals surface area (Å²) in [6.07, 6.45) is 1.06. The van der Waals surface area contributed by atoms with E-state index in [2.05, 4.69) is 49.5 Å². The molecule has 1 heterocycles. The van der Waals surface area contributed by atoms with Crippen LogP contribution in [0.5, 0.6) is 0 Å². The molecule has 120 valence electrons. The lowest BCUT2D eigenvalue weighted by atomic mass is 10.1. The Balaban J connectivity index is 1.72. The molecule has 2 aromatic rings. The third kappa shape index (κ3) is 3.70. The molecule has 23 heavy (non-hydrogen) atoms. The normalized spacial score (nSPS) is 16.8. The van der Waals surface area contributed by atoms with Crippen molar-refractivity contribution in [2.45, 2.75) is 37.0 Å². The SMILES string of the molecule is CC[C@@H]1CN(C(=O)NCc2ccc(C)cc2)c2ccccc2S1. The van der Waals surface area contributed by atoms with Crippen molar-refractivity contribution in [1.82, 2.24) is 5.32 Å². The number of hydrogen-bond acceptors (Lipinski definition) is 2. The number of hydrogen-bond donors (Lipinski definition) is 1. The van der Waals surface area contributed by atoms with Crippen molar-refractivity contribution in [2.24, 2.45) is 0 Å². The topological polar surface area (TPSA) is 32.3 Å². The van der Waals surface area contributed by atoms with E-state index in [4.69, 9.17) is 0 Å². The third-order valence-corrected chi connectivity index (χ3v) is 5.52. The second-order valence-corrected chi connectivity index (χ2v) is 7.21. The zero-order valence-corrected chi connectivity index (χ0v) is 14.4. The van der Waals surface area contributed by atoms with Crippen LogP contribution in [0.15, 0.2) is 53.4 Å². The van der Waals surface area contributed by atoms with Crippen LogP contribution in [-0.2, 0) is 6.54 Å². The first kappa shape index (κ1) is 15.9. The van der Waals surface area contributed by atoms with Gasteiger partial charge in [0.1, 0.15) is 0 Å². The molecule has 1 N–H and O–H groups in total. The summed E-state index contributed by atoms with van der Waals surface area (Å²) in [5, 5.41) is 3.51. The Kier molecular flexibility index (Phi) is 4.91. The van der Waals surface area contributed by atoms with E-state index in [0.29, 0.717) is 11.8 Å². The minimum atomic E-state index is -0.0169. The highest BCUT2D eigenvalue weighted by molar-refractivity contribution is 8.00. The van der Waals surface area contributed by atoms with E-state index in [9.17, 15) is 4.79 Å². The molecule has 0 unspecified atom stereocenters. The van der Waals surface area contributed by atoms with Gasteiger partial charge in [-0.3, -0.25) is 4.90 Å². The van der Waals surface area contributed by atoms with Crippen molar-refractivity contribution < 1.29 is 4.79 Å². The van der Waals surface area contributed by atoms with Gasteiger partial charge >= 0.3 is 6.03 Å². The number of urea groups is 1. The number of anilines is 1. The number of nitrogens with zero attached hydrogens (tertiary/aromatic N) is 1. The molecule has 0 aromatic heterocycles. The maximum Gasteiger partial charge on any atom is 0.322 e. The lowest BCUT2D eigenvalue weighted by Gasteiger charge is -2.33. The minimum absolute atomic E-state index is 0.0169. The monoisotopic (exact) mass is 326 g/mol. The Bertz CT molecular complexity index is 684. The first-order valence-corrected chi connectivity index (χ1v) is 8.92. The van der Waals surface area contributed by atoms with Crippen LogP contribution in [0, 0.1) is 6.92 Å². The van der Waals surface area contributed by atoms with Crippen LogP contribution in [0.1, 0.15) is 24.5 Å². The molecule has 0 aliphatic carbocycles. The summed E-state index contributed by atoms with van der Waals surface area (Å²) >= 11 is 1.87. The lowest BCUT2D eigenvalue weighted by molar-refractivity contribution is 0.245. The molecule has 1 aliphatic heterocycles. The molecule has 0 bridgehead atoms. The molecular weight excluding hydrogens is 304 g/mol. The standard InChI is InChI=1S/C19H22N2OS/c1-3-16-13-21(17-6-4-5-7-18(17)23-16)19(22)20-12-15-10-8-14(2)9-11-15/h4-11,16H,3,12-13H2,1-2H3,(H,20,22)/t16-/m1/s1. The number of carbonyl (C=O) groups is 1. The molecule has 0 saturated heterocycles. The van der Waals surface area contributed by atoms with Gasteiger partial charge in [-0.25, -0.2) is 4.79 Å². The van der Waals surface area contributed by atoms with E-state index in [1.54, 1.807) is 0 Å². The smallest absolute Gasteiger partial charge is 0.322 e. The Labute approximate surface area is 142 Å². The Morgan fingerprint density at radius 2 is 1.96 bits per heavy atom. The maximum atomic E-state index is 12.7. The molecule has 0 saturated carbocycles. The molecule has 4 heteroatoms. The van der Waals surface area contributed by atoms with Crippen LogP contribution in [-0.4, -0.2) is 17.8 Å². The predicted octanol–water partition coefficient (Wildman–Crippen LogP) is 4.60. The molecule has 1 atom stereocenters. The van der Waals surface area contributed by atoms with E-state index >= 15 is 0 Å². The number of benzene rings is 2. The van der Waals surface area contributed by atoms with Gasteiger partial charge in [-0.1, -0.05) is 48.9 Å². The summed E-state index contributed by atoms with van der Waals surface area (Å²) in [6, 6.07) is 16.4. The first-order valence-electron chi connectivity index (χ1n) is 8.04. The number of carbonyl (C=O) groups excluding carboxylic acids is 1. The van der Waals surface area contributed by atoms with E-state index in [-0.39, 0.29) is 6.03 Å². The number of nitrogens with one attached hydrogen (secondary N) is 1. The third-order valence-electron chi connectivity index (χ3n) is 4.10. The van der Waals surface area contributed by atoms with Gasteiger partial charge in [0.05, 0.1) is 5.69 Å². The predicted molar refractivity (Wildman–Crippen MR) is 97.1 cm³/mol. The van der Waals surface area contributed by atoms with Crippen LogP contribution in [0.25, 0.3) is 0 Å². The molecule has 0 radical (unpaired) electrons. The van der Waals surface area contributed by atoms with Gasteiger partial charge in [-0.05, 0) is 31.0 Å². The van der Waals surface area contributed by atoms with Crippen molar-refractivity contribution in [3.63, 3.8) is 0 Å². The van der Waals surface area contributed by atoms with E-state index in [0.717, 1.165) is 24.2 Å². The quantitative estimate of drug-likeness (QED) is 0.894. The summed E-state index contributed by atoms with van der Waals surface area (Å²) in [5.41, 5.74) is 3.37. The van der Waals surface area contributed by atoms with Gasteiger partial charge in [0.25, 0.3) is 0 Å². The summed E-state index contributed by atoms with van der Waals surface area (Å²) in [7, 11) is 0. The number of para-hydroxylation sites is 1. The number of thioether (sulfide) groups is 1. The van der Waals surface area contributed by atoms with Crippen LogP contribution in [0.2, 0.25) is 0 Å². The Hall–Kier alpha value is -1.94. The van der Waals surface area contributed by atoms with Crippen molar-refractivity contribution in [3.05, 3.63) is 59.7 Å². The number of fused-ring (bicyclic) bond motifs is 1. The average molecular weight is 326 g/mol. The van der Waals surface area contributed by atoms with Crippen LogP contribution < -0.4 is 10.2 Å². The average Bonchev–Trinajstić information content (AvgIpc) is 2.60. The summed E-state index contributed by atoms with van der Waals surface area (Å²) in [5.74, 6) is 0. The van der Waals surface area contributed by atoms with Crippen LogP contribution in [0.4, 0.5) is 10.5 Å². The lowest BCUT2D eigenvalue weighted by Crippen LogP contribution is -2.45. The van der Waals surface area contributed by atoms with Gasteiger partial charge in [-0.2, -0.15) is 0 Å². The zero-order valence-electron chi connectivity index (χ0n) is 13.6. The highest BCUT2D eigenvalue weighted by atomic mass is 32.2. The van der Waals surface area contributed by atoms with Gasteiger partial charge in [0, 0.05) is 23.2 Å². The summed E-state index contributed by atoms with van der Waals surface area (Å²) in [4.78, 5) is 15.7.